The van der Waals surface area contributed by atoms with E-state index in [0.717, 1.165) is 21.3 Å². The van der Waals surface area contributed by atoms with Gasteiger partial charge in [0.2, 0.25) is 0 Å². The lowest BCUT2D eigenvalue weighted by atomic mass is 9.86. The number of benzene rings is 2. The summed E-state index contributed by atoms with van der Waals surface area (Å²) >= 11 is 7.72. The van der Waals surface area contributed by atoms with Crippen LogP contribution in [0.2, 0.25) is 5.02 Å². The summed E-state index contributed by atoms with van der Waals surface area (Å²) in [5.41, 5.74) is 4.65. The van der Waals surface area contributed by atoms with Crippen molar-refractivity contribution in [1.29, 1.82) is 0 Å². The molecule has 0 aliphatic carbocycles. The number of amides is 1. The van der Waals surface area contributed by atoms with Crippen LogP contribution >= 0.6 is 22.9 Å². The van der Waals surface area contributed by atoms with Gasteiger partial charge in [0.1, 0.15) is 0 Å². The second-order valence-corrected chi connectivity index (χ2v) is 10.1. The standard InChI is InChI=1S/C25H24ClN3OS/c1-16-12-20(26)13-21-22(16)28-24(31-21)29(15-17-6-5-11-27-14-17)23(30)18-7-9-19(10-8-18)25(2,3)4/h5-14H,15H2,1-4H3. The number of nitrogens with zero attached hydrogens (tertiary/aromatic N) is 3. The predicted molar refractivity (Wildman–Crippen MR) is 129 cm³/mol. The number of fused-ring (bicyclic) bond motifs is 1. The number of pyridine rings is 1. The monoisotopic (exact) mass is 449 g/mol. The first-order valence-corrected chi connectivity index (χ1v) is 11.3. The van der Waals surface area contributed by atoms with Gasteiger partial charge in [0.15, 0.2) is 5.13 Å². The van der Waals surface area contributed by atoms with Crippen molar-refractivity contribution >= 4 is 44.2 Å². The number of aromatic nitrogens is 2. The normalized spacial score (nSPS) is 11.6. The molecule has 1 amide bonds. The van der Waals surface area contributed by atoms with Gasteiger partial charge >= 0.3 is 0 Å². The minimum absolute atomic E-state index is 0.0286. The molecule has 0 atom stereocenters. The molecule has 2 aromatic heterocycles. The third-order valence-corrected chi connectivity index (χ3v) is 6.42. The Kier molecular flexibility index (Phi) is 5.82. The van der Waals surface area contributed by atoms with E-state index in [0.29, 0.717) is 22.3 Å². The zero-order valence-electron chi connectivity index (χ0n) is 18.0. The van der Waals surface area contributed by atoms with Crippen molar-refractivity contribution in [2.24, 2.45) is 0 Å². The van der Waals surface area contributed by atoms with E-state index in [1.165, 1.54) is 16.9 Å². The number of thiazole rings is 1. The highest BCUT2D eigenvalue weighted by atomic mass is 35.5. The van der Waals surface area contributed by atoms with Crippen LogP contribution in [0.1, 0.15) is 47.8 Å². The van der Waals surface area contributed by atoms with E-state index in [-0.39, 0.29) is 11.3 Å². The van der Waals surface area contributed by atoms with Crippen molar-refractivity contribution in [3.05, 3.63) is 88.2 Å². The molecule has 4 aromatic rings. The van der Waals surface area contributed by atoms with E-state index in [9.17, 15) is 4.79 Å². The molecular formula is C25H24ClN3OS. The number of halogens is 1. The number of anilines is 1. The summed E-state index contributed by atoms with van der Waals surface area (Å²) in [6.07, 6.45) is 3.50. The number of rotatable bonds is 4. The van der Waals surface area contributed by atoms with Crippen LogP contribution in [0.3, 0.4) is 0 Å². The summed E-state index contributed by atoms with van der Waals surface area (Å²) < 4.78 is 0.965. The molecule has 0 fully saturated rings. The molecule has 0 aliphatic rings. The highest BCUT2D eigenvalue weighted by Gasteiger charge is 2.23. The molecule has 6 heteroatoms. The van der Waals surface area contributed by atoms with E-state index in [2.05, 4.69) is 25.8 Å². The van der Waals surface area contributed by atoms with Crippen molar-refractivity contribution in [3.8, 4) is 0 Å². The van der Waals surface area contributed by atoms with Gasteiger partial charge in [0.25, 0.3) is 5.91 Å². The van der Waals surface area contributed by atoms with Crippen LogP contribution in [0.4, 0.5) is 5.13 Å². The van der Waals surface area contributed by atoms with Gasteiger partial charge in [-0.2, -0.15) is 0 Å². The summed E-state index contributed by atoms with van der Waals surface area (Å²) in [4.78, 5) is 24.3. The lowest BCUT2D eigenvalue weighted by Crippen LogP contribution is -2.30. The maximum absolute atomic E-state index is 13.6. The van der Waals surface area contributed by atoms with Gasteiger partial charge in [-0.05, 0) is 59.4 Å². The summed E-state index contributed by atoms with van der Waals surface area (Å²) in [6.45, 7) is 8.85. The van der Waals surface area contributed by atoms with Gasteiger partial charge in [0.05, 0.1) is 16.8 Å². The first-order chi connectivity index (χ1) is 14.7. The third-order valence-electron chi connectivity index (χ3n) is 5.18. The van der Waals surface area contributed by atoms with Crippen LogP contribution in [0.15, 0.2) is 60.9 Å². The van der Waals surface area contributed by atoms with E-state index >= 15 is 0 Å². The number of carbonyl (C=O) groups excluding carboxylic acids is 1. The van der Waals surface area contributed by atoms with E-state index in [1.807, 2.05) is 55.5 Å². The molecule has 31 heavy (non-hydrogen) atoms. The van der Waals surface area contributed by atoms with Crippen LogP contribution in [0.25, 0.3) is 10.2 Å². The number of aryl methyl sites for hydroxylation is 1. The Morgan fingerprint density at radius 1 is 1.13 bits per heavy atom. The Morgan fingerprint density at radius 2 is 1.87 bits per heavy atom. The highest BCUT2D eigenvalue weighted by molar-refractivity contribution is 7.22. The molecule has 158 valence electrons. The van der Waals surface area contributed by atoms with E-state index < -0.39 is 0 Å². The minimum Gasteiger partial charge on any atom is -0.279 e. The molecule has 4 nitrogen and oxygen atoms in total. The lowest BCUT2D eigenvalue weighted by molar-refractivity contribution is 0.0985. The predicted octanol–water partition coefficient (Wildman–Crippen LogP) is 6.80. The molecule has 0 aliphatic heterocycles. The summed E-state index contributed by atoms with van der Waals surface area (Å²) in [6, 6.07) is 15.5. The van der Waals surface area contributed by atoms with Crippen LogP contribution in [0, 0.1) is 6.92 Å². The van der Waals surface area contributed by atoms with Crippen molar-refractivity contribution in [3.63, 3.8) is 0 Å². The average molecular weight is 450 g/mol. The molecule has 0 saturated carbocycles. The van der Waals surface area contributed by atoms with Crippen molar-refractivity contribution in [2.45, 2.75) is 39.7 Å². The molecule has 2 aromatic carbocycles. The van der Waals surface area contributed by atoms with Gasteiger partial charge in [-0.15, -0.1) is 0 Å². The Labute approximate surface area is 191 Å². The molecule has 0 N–H and O–H groups in total. The first-order valence-electron chi connectivity index (χ1n) is 10.1. The first kappa shape index (κ1) is 21.5. The summed E-state index contributed by atoms with van der Waals surface area (Å²) in [7, 11) is 0. The Morgan fingerprint density at radius 3 is 2.52 bits per heavy atom. The zero-order valence-corrected chi connectivity index (χ0v) is 19.6. The molecule has 0 bridgehead atoms. The lowest BCUT2D eigenvalue weighted by Gasteiger charge is -2.22. The topological polar surface area (TPSA) is 46.1 Å². The van der Waals surface area contributed by atoms with Crippen LogP contribution in [-0.2, 0) is 12.0 Å². The second kappa shape index (κ2) is 8.40. The van der Waals surface area contributed by atoms with Crippen molar-refractivity contribution in [2.75, 3.05) is 4.90 Å². The van der Waals surface area contributed by atoms with Crippen molar-refractivity contribution in [1.82, 2.24) is 9.97 Å². The fourth-order valence-corrected chi connectivity index (χ4v) is 4.85. The van der Waals surface area contributed by atoms with Crippen molar-refractivity contribution < 1.29 is 4.79 Å². The van der Waals surface area contributed by atoms with E-state index in [1.54, 1.807) is 17.3 Å². The number of hydrogen-bond donors (Lipinski definition) is 0. The summed E-state index contributed by atoms with van der Waals surface area (Å²) in [5.74, 6) is -0.0906. The zero-order chi connectivity index (χ0) is 22.2. The summed E-state index contributed by atoms with van der Waals surface area (Å²) in [5, 5.41) is 1.32. The van der Waals surface area contributed by atoms with Crippen LogP contribution < -0.4 is 4.90 Å². The minimum atomic E-state index is -0.0906. The largest absolute Gasteiger partial charge is 0.279 e. The number of carbonyl (C=O) groups is 1. The maximum Gasteiger partial charge on any atom is 0.260 e. The Hall–Kier alpha value is -2.76. The molecule has 0 spiro atoms. The Balaban J connectivity index is 1.76. The SMILES string of the molecule is Cc1cc(Cl)cc2sc(N(Cc3cccnc3)C(=O)c3ccc(C(C)(C)C)cc3)nc12. The van der Waals surface area contributed by atoms with Gasteiger partial charge in [-0.1, -0.05) is 61.9 Å². The van der Waals surface area contributed by atoms with Crippen LogP contribution in [-0.4, -0.2) is 15.9 Å². The highest BCUT2D eigenvalue weighted by Crippen LogP contribution is 2.34. The smallest absolute Gasteiger partial charge is 0.260 e. The van der Waals surface area contributed by atoms with E-state index in [4.69, 9.17) is 16.6 Å². The molecule has 2 heterocycles. The van der Waals surface area contributed by atoms with Gasteiger partial charge < -0.3 is 0 Å². The third kappa shape index (κ3) is 4.63. The van der Waals surface area contributed by atoms with Gasteiger partial charge in [-0.25, -0.2) is 4.98 Å². The molecule has 0 radical (unpaired) electrons. The second-order valence-electron chi connectivity index (χ2n) is 8.65. The molecule has 0 saturated heterocycles. The maximum atomic E-state index is 13.6. The fraction of sp³-hybridized carbons (Fsp3) is 0.240. The average Bonchev–Trinajstić information content (AvgIpc) is 3.16. The van der Waals surface area contributed by atoms with Crippen LogP contribution in [0.5, 0.6) is 0 Å². The Bertz CT molecular complexity index is 1230. The molecule has 4 rings (SSSR count). The quantitative estimate of drug-likeness (QED) is 0.344. The molecule has 0 unspecified atom stereocenters. The van der Waals surface area contributed by atoms with Gasteiger partial charge in [-0.3, -0.25) is 14.7 Å². The van der Waals surface area contributed by atoms with Gasteiger partial charge in [0, 0.05) is 23.0 Å². The fourth-order valence-electron chi connectivity index (χ4n) is 3.43. The molecular weight excluding hydrogens is 426 g/mol. The number of hydrogen-bond acceptors (Lipinski definition) is 4.